The van der Waals surface area contributed by atoms with E-state index in [9.17, 15) is 0 Å². The molecule has 0 spiro atoms. The first-order valence-corrected chi connectivity index (χ1v) is 8.58. The van der Waals surface area contributed by atoms with Crippen molar-refractivity contribution in [1.82, 2.24) is 4.90 Å². The Morgan fingerprint density at radius 3 is 1.94 bits per heavy atom. The number of hydrogen-bond acceptors (Lipinski definition) is 1. The Morgan fingerprint density at radius 2 is 1.33 bits per heavy atom. The molecule has 1 heterocycles. The minimum absolute atomic E-state index is 0.838. The number of rotatable bonds is 10. The Bertz CT molecular complexity index is 172. The molecule has 0 aromatic carbocycles. The van der Waals surface area contributed by atoms with Crippen LogP contribution in [0.4, 0.5) is 0 Å². The van der Waals surface area contributed by atoms with Gasteiger partial charge in [0.05, 0.1) is 0 Å². The van der Waals surface area contributed by atoms with Gasteiger partial charge in [0.2, 0.25) is 0 Å². The molecule has 0 radical (unpaired) electrons. The van der Waals surface area contributed by atoms with Crippen molar-refractivity contribution in [3.8, 4) is 0 Å². The third kappa shape index (κ3) is 7.41. The van der Waals surface area contributed by atoms with Gasteiger partial charge in [-0.3, -0.25) is 0 Å². The fraction of sp³-hybridized carbons (Fsp3) is 1.00. The van der Waals surface area contributed by atoms with E-state index >= 15 is 0 Å². The lowest BCUT2D eigenvalue weighted by molar-refractivity contribution is 0.164. The Morgan fingerprint density at radius 1 is 0.778 bits per heavy atom. The second-order valence-electron chi connectivity index (χ2n) is 6.21. The third-order valence-corrected chi connectivity index (χ3v) is 4.49. The SMILES string of the molecule is CCCCCCCCCCC(C)N1CCCCC1. The molecule has 0 N–H and O–H groups in total. The minimum Gasteiger partial charge on any atom is -0.301 e. The van der Waals surface area contributed by atoms with E-state index < -0.39 is 0 Å². The molecule has 1 rings (SSSR count). The summed E-state index contributed by atoms with van der Waals surface area (Å²) in [5.74, 6) is 0. The molecule has 18 heavy (non-hydrogen) atoms. The van der Waals surface area contributed by atoms with Gasteiger partial charge in [0.1, 0.15) is 0 Å². The van der Waals surface area contributed by atoms with Gasteiger partial charge in [-0.1, -0.05) is 64.7 Å². The molecule has 0 amide bonds. The highest BCUT2D eigenvalue weighted by Gasteiger charge is 2.15. The van der Waals surface area contributed by atoms with Crippen LogP contribution in [-0.4, -0.2) is 24.0 Å². The number of nitrogens with zero attached hydrogens (tertiary/aromatic N) is 1. The van der Waals surface area contributed by atoms with Gasteiger partial charge in [0.15, 0.2) is 0 Å². The molecule has 0 bridgehead atoms. The summed E-state index contributed by atoms with van der Waals surface area (Å²) >= 11 is 0. The van der Waals surface area contributed by atoms with Gasteiger partial charge < -0.3 is 4.90 Å². The standard InChI is InChI=1S/C17H35N/c1-3-4-5-6-7-8-9-11-14-17(2)18-15-12-10-13-16-18/h17H,3-16H2,1-2H3. The monoisotopic (exact) mass is 253 g/mol. The molecule has 0 saturated carbocycles. The van der Waals surface area contributed by atoms with Gasteiger partial charge in [0.25, 0.3) is 0 Å². The zero-order chi connectivity index (χ0) is 13.1. The number of hydrogen-bond donors (Lipinski definition) is 0. The van der Waals surface area contributed by atoms with E-state index in [2.05, 4.69) is 18.7 Å². The lowest BCUT2D eigenvalue weighted by Gasteiger charge is -2.32. The zero-order valence-corrected chi connectivity index (χ0v) is 12.9. The Kier molecular flexibility index (Phi) is 9.65. The quantitative estimate of drug-likeness (QED) is 0.472. The Balaban J connectivity index is 1.87. The van der Waals surface area contributed by atoms with Crippen molar-refractivity contribution >= 4 is 0 Å². The smallest absolute Gasteiger partial charge is 0.00669 e. The summed E-state index contributed by atoms with van der Waals surface area (Å²) in [4.78, 5) is 2.71. The van der Waals surface area contributed by atoms with Crippen molar-refractivity contribution in [3.63, 3.8) is 0 Å². The molecule has 1 aliphatic heterocycles. The van der Waals surface area contributed by atoms with Gasteiger partial charge in [-0.05, 0) is 39.3 Å². The lowest BCUT2D eigenvalue weighted by Crippen LogP contribution is -2.37. The van der Waals surface area contributed by atoms with Crippen LogP contribution in [0.1, 0.15) is 90.9 Å². The molecule has 1 atom stereocenters. The van der Waals surface area contributed by atoms with E-state index in [1.165, 1.54) is 90.1 Å². The molecule has 108 valence electrons. The van der Waals surface area contributed by atoms with E-state index in [0.717, 1.165) is 6.04 Å². The molecular weight excluding hydrogens is 218 g/mol. The average molecular weight is 253 g/mol. The van der Waals surface area contributed by atoms with E-state index in [0.29, 0.717) is 0 Å². The van der Waals surface area contributed by atoms with Crippen LogP contribution in [0, 0.1) is 0 Å². The molecule has 1 heteroatoms. The lowest BCUT2D eigenvalue weighted by atomic mass is 10.0. The number of unbranched alkanes of at least 4 members (excludes halogenated alkanes) is 7. The Labute approximate surface area is 115 Å². The second-order valence-corrected chi connectivity index (χ2v) is 6.21. The van der Waals surface area contributed by atoms with Crippen LogP contribution in [-0.2, 0) is 0 Å². The molecule has 1 nitrogen and oxygen atoms in total. The van der Waals surface area contributed by atoms with Crippen LogP contribution in [0.3, 0.4) is 0 Å². The topological polar surface area (TPSA) is 3.24 Å². The predicted octanol–water partition coefficient (Wildman–Crippen LogP) is 5.39. The molecule has 0 aromatic heterocycles. The van der Waals surface area contributed by atoms with Crippen molar-refractivity contribution in [2.75, 3.05) is 13.1 Å². The average Bonchev–Trinajstić information content (AvgIpc) is 2.42. The van der Waals surface area contributed by atoms with Crippen molar-refractivity contribution < 1.29 is 0 Å². The van der Waals surface area contributed by atoms with Gasteiger partial charge >= 0.3 is 0 Å². The van der Waals surface area contributed by atoms with Crippen LogP contribution in [0.2, 0.25) is 0 Å². The van der Waals surface area contributed by atoms with Crippen LogP contribution >= 0.6 is 0 Å². The van der Waals surface area contributed by atoms with E-state index in [-0.39, 0.29) is 0 Å². The van der Waals surface area contributed by atoms with Crippen LogP contribution in [0.5, 0.6) is 0 Å². The first kappa shape index (κ1) is 16.0. The minimum atomic E-state index is 0.838. The zero-order valence-electron chi connectivity index (χ0n) is 12.9. The maximum atomic E-state index is 2.71. The molecule has 1 aliphatic rings. The summed E-state index contributed by atoms with van der Waals surface area (Å²) < 4.78 is 0. The first-order valence-electron chi connectivity index (χ1n) is 8.58. The molecule has 1 fully saturated rings. The first-order chi connectivity index (χ1) is 8.84. The van der Waals surface area contributed by atoms with E-state index in [1.807, 2.05) is 0 Å². The fourth-order valence-electron chi connectivity index (χ4n) is 3.12. The summed E-state index contributed by atoms with van der Waals surface area (Å²) in [6.45, 7) is 7.45. The molecule has 1 unspecified atom stereocenters. The van der Waals surface area contributed by atoms with Gasteiger partial charge in [-0.2, -0.15) is 0 Å². The summed E-state index contributed by atoms with van der Waals surface area (Å²) in [5.41, 5.74) is 0. The summed E-state index contributed by atoms with van der Waals surface area (Å²) in [7, 11) is 0. The van der Waals surface area contributed by atoms with Crippen LogP contribution in [0.15, 0.2) is 0 Å². The molecule has 1 saturated heterocycles. The molecular formula is C17H35N. The highest BCUT2D eigenvalue weighted by atomic mass is 15.1. The largest absolute Gasteiger partial charge is 0.301 e. The maximum absolute atomic E-state index is 2.71. The highest BCUT2D eigenvalue weighted by molar-refractivity contribution is 4.71. The van der Waals surface area contributed by atoms with Crippen molar-refractivity contribution in [2.45, 2.75) is 96.9 Å². The predicted molar refractivity (Wildman–Crippen MR) is 82.1 cm³/mol. The Hall–Kier alpha value is -0.0400. The number of likely N-dealkylation sites (tertiary alicyclic amines) is 1. The summed E-state index contributed by atoms with van der Waals surface area (Å²) in [6.07, 6.45) is 17.3. The van der Waals surface area contributed by atoms with E-state index in [4.69, 9.17) is 0 Å². The maximum Gasteiger partial charge on any atom is 0.00669 e. The highest BCUT2D eigenvalue weighted by Crippen LogP contribution is 2.17. The summed E-state index contributed by atoms with van der Waals surface area (Å²) in [6, 6.07) is 0.838. The normalized spacial score (nSPS) is 19.0. The molecule has 0 aromatic rings. The van der Waals surface area contributed by atoms with Crippen molar-refractivity contribution in [2.24, 2.45) is 0 Å². The third-order valence-electron chi connectivity index (χ3n) is 4.49. The van der Waals surface area contributed by atoms with Crippen molar-refractivity contribution in [3.05, 3.63) is 0 Å². The van der Waals surface area contributed by atoms with Crippen LogP contribution in [0.25, 0.3) is 0 Å². The van der Waals surface area contributed by atoms with Crippen LogP contribution < -0.4 is 0 Å². The van der Waals surface area contributed by atoms with Gasteiger partial charge in [-0.25, -0.2) is 0 Å². The van der Waals surface area contributed by atoms with Gasteiger partial charge in [-0.15, -0.1) is 0 Å². The fourth-order valence-corrected chi connectivity index (χ4v) is 3.12. The van der Waals surface area contributed by atoms with E-state index in [1.54, 1.807) is 0 Å². The van der Waals surface area contributed by atoms with Gasteiger partial charge in [0, 0.05) is 6.04 Å². The number of piperidine rings is 1. The second kappa shape index (κ2) is 10.8. The van der Waals surface area contributed by atoms with Crippen molar-refractivity contribution in [1.29, 1.82) is 0 Å². The molecule has 0 aliphatic carbocycles. The summed E-state index contributed by atoms with van der Waals surface area (Å²) in [5, 5.41) is 0.